The van der Waals surface area contributed by atoms with Crippen LogP contribution in [0.1, 0.15) is 0 Å². The van der Waals surface area contributed by atoms with Crippen molar-refractivity contribution < 1.29 is 0 Å². The summed E-state index contributed by atoms with van der Waals surface area (Å²) in [5.74, 6) is 0. The van der Waals surface area contributed by atoms with E-state index in [-0.39, 0.29) is 0 Å². The quantitative estimate of drug-likeness (QED) is 0.147. The number of rotatable bonds is 9. The molecule has 4 heteroatoms. The van der Waals surface area contributed by atoms with Crippen LogP contribution in [0, 0.1) is 0 Å². The Kier molecular flexibility index (Phi) is 9.92. The molecule has 0 radical (unpaired) electrons. The molecule has 0 spiro atoms. The minimum atomic E-state index is 1.07. The molecule has 0 atom stereocenters. The molecule has 282 valence electrons. The van der Waals surface area contributed by atoms with Crippen LogP contribution in [-0.4, -0.2) is 19.9 Å². The van der Waals surface area contributed by atoms with E-state index in [4.69, 9.17) is 0 Å². The molecule has 60 heavy (non-hydrogen) atoms. The highest BCUT2D eigenvalue weighted by molar-refractivity contribution is 5.85. The summed E-state index contributed by atoms with van der Waals surface area (Å²) in [5, 5.41) is 0. The number of pyridine rings is 4. The van der Waals surface area contributed by atoms with Gasteiger partial charge in [-0.2, -0.15) is 0 Å². The maximum absolute atomic E-state index is 4.59. The third kappa shape index (κ3) is 7.78. The molecule has 6 aromatic carbocycles. The minimum Gasteiger partial charge on any atom is -0.265 e. The number of aromatic nitrogens is 4. The van der Waals surface area contributed by atoms with E-state index in [1.807, 2.05) is 73.8 Å². The molecule has 0 saturated carbocycles. The number of hydrogen-bond acceptors (Lipinski definition) is 4. The van der Waals surface area contributed by atoms with E-state index in [2.05, 4.69) is 178 Å². The molecule has 10 aromatic rings. The molecule has 4 heterocycles. The van der Waals surface area contributed by atoms with Crippen LogP contribution in [-0.2, 0) is 0 Å². The molecule has 4 nitrogen and oxygen atoms in total. The van der Waals surface area contributed by atoms with Crippen LogP contribution < -0.4 is 0 Å². The summed E-state index contributed by atoms with van der Waals surface area (Å²) in [5.41, 5.74) is 20.3. The first kappa shape index (κ1) is 36.3. The first-order chi connectivity index (χ1) is 29.7. The van der Waals surface area contributed by atoms with Crippen molar-refractivity contribution in [3.63, 3.8) is 0 Å². The standard InChI is InChI=1S/C56H38N4/c1-2-8-39(9-3-1)50-30-51(46-14-4-10-42(26-46)44-12-6-16-48(28-44)55-33-53(35-59-37-55)40-18-22-57-23-19-40)32-52(31-50)47-15-5-11-43(27-47)45-13-7-17-49(29-45)56-34-54(36-60-38-56)41-20-24-58-25-21-41/h1-38H. The summed E-state index contributed by atoms with van der Waals surface area (Å²) in [6.07, 6.45) is 14.9. The maximum Gasteiger partial charge on any atom is 0.0346 e. The zero-order valence-corrected chi connectivity index (χ0v) is 32.7. The lowest BCUT2D eigenvalue weighted by Gasteiger charge is -2.14. The van der Waals surface area contributed by atoms with Crippen molar-refractivity contribution in [1.29, 1.82) is 0 Å². The molecule has 0 amide bonds. The molecule has 0 N–H and O–H groups in total. The van der Waals surface area contributed by atoms with E-state index in [1.165, 1.54) is 11.1 Å². The van der Waals surface area contributed by atoms with Crippen molar-refractivity contribution in [2.45, 2.75) is 0 Å². The largest absolute Gasteiger partial charge is 0.265 e. The third-order valence-corrected chi connectivity index (χ3v) is 11.0. The van der Waals surface area contributed by atoms with Gasteiger partial charge in [0, 0.05) is 71.8 Å². The lowest BCUT2D eigenvalue weighted by Crippen LogP contribution is -1.89. The van der Waals surface area contributed by atoms with Crippen LogP contribution in [0.15, 0.2) is 232 Å². The van der Waals surface area contributed by atoms with Crippen LogP contribution in [0.5, 0.6) is 0 Å². The van der Waals surface area contributed by atoms with Crippen molar-refractivity contribution in [3.8, 4) is 100 Å². The Morgan fingerprint density at radius 2 is 0.400 bits per heavy atom. The van der Waals surface area contributed by atoms with Gasteiger partial charge in [-0.1, -0.05) is 103 Å². The molecule has 0 aliphatic heterocycles. The molecule has 10 rings (SSSR count). The number of hydrogen-bond donors (Lipinski definition) is 0. The Bertz CT molecular complexity index is 2900. The van der Waals surface area contributed by atoms with Crippen LogP contribution in [0.2, 0.25) is 0 Å². The molecule has 4 aromatic heterocycles. The number of nitrogens with zero attached hydrogens (tertiary/aromatic N) is 4. The van der Waals surface area contributed by atoms with Gasteiger partial charge in [-0.05, 0) is 157 Å². The summed E-state index contributed by atoms with van der Waals surface area (Å²) < 4.78 is 0. The van der Waals surface area contributed by atoms with Crippen molar-refractivity contribution in [2.24, 2.45) is 0 Å². The van der Waals surface area contributed by atoms with Gasteiger partial charge in [0.25, 0.3) is 0 Å². The second-order valence-electron chi connectivity index (χ2n) is 14.9. The smallest absolute Gasteiger partial charge is 0.0346 e. The van der Waals surface area contributed by atoms with Gasteiger partial charge in [0.2, 0.25) is 0 Å². The van der Waals surface area contributed by atoms with Crippen molar-refractivity contribution in [2.75, 3.05) is 0 Å². The van der Waals surface area contributed by atoms with Crippen LogP contribution in [0.4, 0.5) is 0 Å². The molecule has 0 fully saturated rings. The maximum atomic E-state index is 4.59. The highest BCUT2D eigenvalue weighted by atomic mass is 14.6. The zero-order chi connectivity index (χ0) is 40.1. The Morgan fingerprint density at radius 1 is 0.167 bits per heavy atom. The normalized spacial score (nSPS) is 11.0. The fraction of sp³-hybridized carbons (Fsp3) is 0. The molecule has 0 aliphatic rings. The van der Waals surface area contributed by atoms with Gasteiger partial charge in [0.15, 0.2) is 0 Å². The molecule has 0 saturated heterocycles. The highest BCUT2D eigenvalue weighted by Crippen LogP contribution is 2.37. The molecule has 0 unspecified atom stereocenters. The van der Waals surface area contributed by atoms with Gasteiger partial charge in [-0.15, -0.1) is 0 Å². The van der Waals surface area contributed by atoms with E-state index in [1.54, 1.807) is 0 Å². The average molecular weight is 767 g/mol. The summed E-state index contributed by atoms with van der Waals surface area (Å²) in [4.78, 5) is 17.5. The molecular weight excluding hydrogens is 729 g/mol. The first-order valence-electron chi connectivity index (χ1n) is 20.0. The third-order valence-electron chi connectivity index (χ3n) is 11.0. The lowest BCUT2D eigenvalue weighted by molar-refractivity contribution is 1.30. The van der Waals surface area contributed by atoms with Gasteiger partial charge in [-0.3, -0.25) is 19.9 Å². The monoisotopic (exact) mass is 766 g/mol. The Balaban J connectivity index is 0.997. The fourth-order valence-electron chi connectivity index (χ4n) is 7.87. The summed E-state index contributed by atoms with van der Waals surface area (Å²) >= 11 is 0. The summed E-state index contributed by atoms with van der Waals surface area (Å²) in [6.45, 7) is 0. The van der Waals surface area contributed by atoms with Gasteiger partial charge < -0.3 is 0 Å². The van der Waals surface area contributed by atoms with Crippen molar-refractivity contribution >= 4 is 0 Å². The molecular formula is C56H38N4. The topological polar surface area (TPSA) is 51.6 Å². The van der Waals surface area contributed by atoms with Crippen LogP contribution in [0.25, 0.3) is 100 Å². The second kappa shape index (κ2) is 16.4. The van der Waals surface area contributed by atoms with E-state index in [9.17, 15) is 0 Å². The van der Waals surface area contributed by atoms with Crippen LogP contribution in [0.3, 0.4) is 0 Å². The van der Waals surface area contributed by atoms with Gasteiger partial charge in [0.05, 0.1) is 0 Å². The lowest BCUT2D eigenvalue weighted by atomic mass is 9.90. The average Bonchev–Trinajstić information content (AvgIpc) is 3.35. The van der Waals surface area contributed by atoms with E-state index >= 15 is 0 Å². The predicted molar refractivity (Wildman–Crippen MR) is 247 cm³/mol. The SMILES string of the molecule is c1ccc(-c2cc(-c3cccc(-c4cccc(-c5cncc(-c6ccncc6)c5)c4)c3)cc(-c3cccc(-c4cccc(-c5cncc(-c6ccncc6)c5)c4)c3)c2)cc1. The van der Waals surface area contributed by atoms with Gasteiger partial charge in [0.1, 0.15) is 0 Å². The van der Waals surface area contributed by atoms with E-state index in [0.29, 0.717) is 0 Å². The Labute approximate surface area is 350 Å². The van der Waals surface area contributed by atoms with Crippen molar-refractivity contribution in [3.05, 3.63) is 232 Å². The first-order valence-corrected chi connectivity index (χ1v) is 20.0. The summed E-state index contributed by atoms with van der Waals surface area (Å²) in [6, 6.07) is 65.2. The minimum absolute atomic E-state index is 1.07. The molecule has 0 bridgehead atoms. The zero-order valence-electron chi connectivity index (χ0n) is 32.7. The second-order valence-corrected chi connectivity index (χ2v) is 14.9. The predicted octanol–water partition coefficient (Wildman–Crippen LogP) is 14.3. The number of benzene rings is 6. The van der Waals surface area contributed by atoms with Gasteiger partial charge in [-0.25, -0.2) is 0 Å². The van der Waals surface area contributed by atoms with Crippen LogP contribution >= 0.6 is 0 Å². The highest BCUT2D eigenvalue weighted by Gasteiger charge is 2.12. The van der Waals surface area contributed by atoms with E-state index < -0.39 is 0 Å². The van der Waals surface area contributed by atoms with Gasteiger partial charge >= 0.3 is 0 Å². The molecule has 0 aliphatic carbocycles. The van der Waals surface area contributed by atoms with E-state index in [0.717, 1.165) is 89.0 Å². The van der Waals surface area contributed by atoms with Crippen molar-refractivity contribution in [1.82, 2.24) is 19.9 Å². The summed E-state index contributed by atoms with van der Waals surface area (Å²) in [7, 11) is 0. The Morgan fingerprint density at radius 3 is 0.767 bits per heavy atom. The fourth-order valence-corrected chi connectivity index (χ4v) is 7.87. The Hall–Kier alpha value is -8.08.